The molecule has 2 aromatic carbocycles. The van der Waals surface area contributed by atoms with Crippen LogP contribution in [0.3, 0.4) is 0 Å². The van der Waals surface area contributed by atoms with E-state index in [1.807, 2.05) is 11.9 Å². The van der Waals surface area contributed by atoms with Gasteiger partial charge in [-0.05, 0) is 24.7 Å². The summed E-state index contributed by atoms with van der Waals surface area (Å²) in [7, 11) is 4.34. The van der Waals surface area contributed by atoms with Gasteiger partial charge in [0, 0.05) is 26.2 Å². The Labute approximate surface area is 214 Å². The molecule has 0 bridgehead atoms. The summed E-state index contributed by atoms with van der Waals surface area (Å²) >= 11 is 0. The average molecular weight is 506 g/mol. The number of esters is 2. The van der Waals surface area contributed by atoms with Gasteiger partial charge in [-0.3, -0.25) is 4.90 Å². The number of allylic oxidation sites excluding steroid dienone is 1. The molecule has 0 saturated carbocycles. The second-order valence-corrected chi connectivity index (χ2v) is 8.73. The maximum atomic E-state index is 15.4. The molecule has 1 fully saturated rings. The molecule has 2 aliphatic heterocycles. The number of likely N-dealkylation sites (N-methyl/N-ethyl adjacent to an activating group) is 1. The number of para-hydroxylation sites is 1. The molecule has 2 N–H and O–H groups in total. The van der Waals surface area contributed by atoms with Crippen molar-refractivity contribution in [2.45, 2.75) is 5.92 Å². The van der Waals surface area contributed by atoms with Gasteiger partial charge in [-0.2, -0.15) is 5.26 Å². The highest BCUT2D eigenvalue weighted by atomic mass is 19.1. The summed E-state index contributed by atoms with van der Waals surface area (Å²) in [6.07, 6.45) is 0. The number of ether oxygens (including phenoxy) is 2. The van der Waals surface area contributed by atoms with Gasteiger partial charge in [-0.15, -0.1) is 0 Å². The lowest BCUT2D eigenvalue weighted by atomic mass is 9.81. The molecule has 37 heavy (non-hydrogen) atoms. The Morgan fingerprint density at radius 1 is 1.00 bits per heavy atom. The van der Waals surface area contributed by atoms with Crippen molar-refractivity contribution in [2.24, 2.45) is 5.73 Å². The van der Waals surface area contributed by atoms with E-state index in [0.29, 0.717) is 31.7 Å². The Balaban J connectivity index is 2.04. The number of hydrogen-bond donors (Lipinski definition) is 1. The van der Waals surface area contributed by atoms with E-state index in [9.17, 15) is 14.9 Å². The van der Waals surface area contributed by atoms with E-state index in [-0.39, 0.29) is 34.0 Å². The fourth-order valence-corrected chi connectivity index (χ4v) is 4.79. The highest BCUT2D eigenvalue weighted by Crippen LogP contribution is 2.46. The predicted octanol–water partition coefficient (Wildman–Crippen LogP) is 2.48. The third kappa shape index (κ3) is 4.61. The molecule has 9 nitrogen and oxygen atoms in total. The number of nitriles is 1. The van der Waals surface area contributed by atoms with Crippen LogP contribution in [0.15, 0.2) is 71.2 Å². The van der Waals surface area contributed by atoms with E-state index >= 15 is 4.39 Å². The van der Waals surface area contributed by atoms with Crippen LogP contribution in [0.25, 0.3) is 0 Å². The van der Waals surface area contributed by atoms with Crippen molar-refractivity contribution in [2.75, 3.05) is 57.2 Å². The Hall–Kier alpha value is -4.36. The molecular formula is C27H28FN5O4. The molecule has 2 heterocycles. The highest BCUT2D eigenvalue weighted by Gasteiger charge is 2.44. The molecule has 0 spiro atoms. The molecule has 1 unspecified atom stereocenters. The lowest BCUT2D eigenvalue weighted by Crippen LogP contribution is -2.46. The second kappa shape index (κ2) is 10.7. The summed E-state index contributed by atoms with van der Waals surface area (Å²) in [5.41, 5.74) is 7.23. The van der Waals surface area contributed by atoms with Crippen LogP contribution in [0.2, 0.25) is 0 Å². The number of benzene rings is 2. The first kappa shape index (κ1) is 25.7. The number of nitrogens with zero attached hydrogens (tertiary/aromatic N) is 4. The molecule has 4 rings (SSSR count). The number of anilines is 2. The lowest BCUT2D eigenvalue weighted by molar-refractivity contribution is -0.139. The van der Waals surface area contributed by atoms with Gasteiger partial charge >= 0.3 is 11.9 Å². The van der Waals surface area contributed by atoms with Crippen LogP contribution in [0.4, 0.5) is 15.8 Å². The molecule has 0 amide bonds. The molecule has 1 atom stereocenters. The SMILES string of the molecule is COC(=O)C1=C(C(=O)OC)N(c2cccc(F)c2N2CCN(C)CC2)C(N)=C(C#N)C1c1ccccc1. The summed E-state index contributed by atoms with van der Waals surface area (Å²) in [5, 5.41) is 10.2. The summed E-state index contributed by atoms with van der Waals surface area (Å²) in [4.78, 5) is 31.8. The first-order valence-electron chi connectivity index (χ1n) is 11.7. The fraction of sp³-hybridized carbons (Fsp3) is 0.296. The summed E-state index contributed by atoms with van der Waals surface area (Å²) < 4.78 is 25.6. The topological polar surface area (TPSA) is 112 Å². The van der Waals surface area contributed by atoms with Crippen LogP contribution in [-0.2, 0) is 19.1 Å². The number of carbonyl (C=O) groups is 2. The van der Waals surface area contributed by atoms with Crippen molar-refractivity contribution in [3.8, 4) is 6.07 Å². The van der Waals surface area contributed by atoms with Crippen LogP contribution in [0.1, 0.15) is 11.5 Å². The van der Waals surface area contributed by atoms with Crippen molar-refractivity contribution < 1.29 is 23.5 Å². The molecule has 1 saturated heterocycles. The van der Waals surface area contributed by atoms with Crippen molar-refractivity contribution in [1.29, 1.82) is 5.26 Å². The van der Waals surface area contributed by atoms with E-state index in [0.717, 1.165) is 0 Å². The highest BCUT2D eigenvalue weighted by molar-refractivity contribution is 6.07. The van der Waals surface area contributed by atoms with Gasteiger partial charge in [-0.25, -0.2) is 14.0 Å². The van der Waals surface area contributed by atoms with Crippen LogP contribution in [0, 0.1) is 17.1 Å². The maximum absolute atomic E-state index is 15.4. The van der Waals surface area contributed by atoms with Gasteiger partial charge in [0.25, 0.3) is 0 Å². The van der Waals surface area contributed by atoms with E-state index in [1.165, 1.54) is 31.3 Å². The smallest absolute Gasteiger partial charge is 0.355 e. The minimum absolute atomic E-state index is 0.0211. The number of halogens is 1. The molecule has 10 heteroatoms. The summed E-state index contributed by atoms with van der Waals surface area (Å²) in [6.45, 7) is 2.46. The van der Waals surface area contributed by atoms with Crippen molar-refractivity contribution in [1.82, 2.24) is 4.90 Å². The molecule has 2 aromatic rings. The van der Waals surface area contributed by atoms with Crippen molar-refractivity contribution >= 4 is 23.3 Å². The lowest BCUT2D eigenvalue weighted by Gasteiger charge is -2.40. The minimum atomic E-state index is -0.996. The Morgan fingerprint density at radius 3 is 2.24 bits per heavy atom. The number of carbonyl (C=O) groups excluding carboxylic acids is 2. The van der Waals surface area contributed by atoms with Gasteiger partial charge < -0.3 is 25.0 Å². The molecule has 192 valence electrons. The number of nitrogens with two attached hydrogens (primary N) is 1. The normalized spacial score (nSPS) is 18.5. The van der Waals surface area contributed by atoms with E-state index in [2.05, 4.69) is 11.0 Å². The second-order valence-electron chi connectivity index (χ2n) is 8.73. The van der Waals surface area contributed by atoms with Gasteiger partial charge in [0.1, 0.15) is 17.3 Å². The van der Waals surface area contributed by atoms with Crippen molar-refractivity contribution in [3.05, 3.63) is 82.6 Å². The zero-order valence-electron chi connectivity index (χ0n) is 20.9. The number of rotatable bonds is 5. The van der Waals surface area contributed by atoms with E-state index in [1.54, 1.807) is 36.4 Å². The van der Waals surface area contributed by atoms with Crippen molar-refractivity contribution in [3.63, 3.8) is 0 Å². The Bertz CT molecular complexity index is 1310. The standard InChI is InChI=1S/C27H28FN5O4/c1-31-12-14-32(15-13-31)23-19(28)10-7-11-20(23)33-24(27(35)37-3)22(26(34)36-2)21(18(16-29)25(33)30)17-8-5-4-6-9-17/h4-11,21H,12-15,30H2,1-3H3. The maximum Gasteiger partial charge on any atom is 0.355 e. The Kier molecular flexibility index (Phi) is 7.45. The average Bonchev–Trinajstić information content (AvgIpc) is 2.92. The monoisotopic (exact) mass is 505 g/mol. The zero-order chi connectivity index (χ0) is 26.7. The van der Waals surface area contributed by atoms with Gasteiger partial charge in [0.2, 0.25) is 0 Å². The first-order chi connectivity index (χ1) is 17.8. The molecule has 0 aliphatic carbocycles. The van der Waals surface area contributed by atoms with E-state index in [4.69, 9.17) is 15.2 Å². The van der Waals surface area contributed by atoms with Crippen LogP contribution in [-0.4, -0.2) is 64.3 Å². The first-order valence-corrected chi connectivity index (χ1v) is 11.7. The number of hydrogen-bond acceptors (Lipinski definition) is 9. The van der Waals surface area contributed by atoms with Crippen LogP contribution >= 0.6 is 0 Å². The van der Waals surface area contributed by atoms with Gasteiger partial charge in [0.05, 0.1) is 48.7 Å². The van der Waals surface area contributed by atoms with Gasteiger partial charge in [0.15, 0.2) is 0 Å². The predicted molar refractivity (Wildman–Crippen MR) is 136 cm³/mol. The van der Waals surface area contributed by atoms with Crippen LogP contribution < -0.4 is 15.5 Å². The molecule has 2 aliphatic rings. The van der Waals surface area contributed by atoms with E-state index < -0.39 is 23.7 Å². The van der Waals surface area contributed by atoms with Gasteiger partial charge in [-0.1, -0.05) is 36.4 Å². The third-order valence-corrected chi connectivity index (χ3v) is 6.64. The summed E-state index contributed by atoms with van der Waals surface area (Å²) in [6, 6.07) is 15.2. The third-order valence-electron chi connectivity index (χ3n) is 6.64. The molecule has 0 radical (unpaired) electrons. The van der Waals surface area contributed by atoms with Crippen LogP contribution in [0.5, 0.6) is 0 Å². The fourth-order valence-electron chi connectivity index (χ4n) is 4.79. The summed E-state index contributed by atoms with van der Waals surface area (Å²) in [5.74, 6) is -3.34. The number of piperazine rings is 1. The Morgan fingerprint density at radius 2 is 1.65 bits per heavy atom. The number of methoxy groups -OCH3 is 2. The minimum Gasteiger partial charge on any atom is -0.466 e. The molecule has 0 aromatic heterocycles. The zero-order valence-corrected chi connectivity index (χ0v) is 20.9. The largest absolute Gasteiger partial charge is 0.466 e. The molecular weight excluding hydrogens is 477 g/mol. The quantitative estimate of drug-likeness (QED) is 0.613.